The molecule has 0 atom stereocenters. The van der Waals surface area contributed by atoms with Crippen LogP contribution in [0.15, 0.2) is 22.7 Å². The van der Waals surface area contributed by atoms with Gasteiger partial charge in [-0.15, -0.1) is 11.3 Å². The first kappa shape index (κ1) is 13.6. The van der Waals surface area contributed by atoms with Crippen molar-refractivity contribution in [2.45, 2.75) is 32.2 Å². The molecule has 1 N–H and O–H groups in total. The van der Waals surface area contributed by atoms with Gasteiger partial charge in [0.2, 0.25) is 0 Å². The van der Waals surface area contributed by atoms with Crippen LogP contribution >= 0.6 is 23.1 Å². The number of aromatic nitrogens is 1. The van der Waals surface area contributed by atoms with Crippen LogP contribution in [0.3, 0.4) is 0 Å². The Morgan fingerprint density at radius 1 is 1.33 bits per heavy atom. The molecule has 0 aliphatic heterocycles. The van der Waals surface area contributed by atoms with Gasteiger partial charge in [-0.1, -0.05) is 6.92 Å². The Labute approximate surface area is 116 Å². The predicted octanol–water partition coefficient (Wildman–Crippen LogP) is 3.45. The lowest BCUT2D eigenvalue weighted by atomic mass is 10.4. The molecular weight excluding hydrogens is 264 g/mol. The van der Waals surface area contributed by atoms with Gasteiger partial charge in [-0.25, -0.2) is 4.98 Å². The van der Waals surface area contributed by atoms with Crippen molar-refractivity contribution < 1.29 is 4.42 Å². The first-order valence-electron chi connectivity index (χ1n) is 6.02. The van der Waals surface area contributed by atoms with E-state index >= 15 is 0 Å². The molecule has 0 unspecified atom stereocenters. The highest BCUT2D eigenvalue weighted by atomic mass is 32.2. The van der Waals surface area contributed by atoms with Gasteiger partial charge in [-0.05, 0) is 24.8 Å². The van der Waals surface area contributed by atoms with E-state index in [0.29, 0.717) is 0 Å². The minimum Gasteiger partial charge on any atom is -0.464 e. The maximum absolute atomic E-state index is 5.69. The molecule has 0 amide bonds. The second kappa shape index (κ2) is 6.97. The van der Waals surface area contributed by atoms with Gasteiger partial charge in [0, 0.05) is 17.6 Å². The summed E-state index contributed by atoms with van der Waals surface area (Å²) in [6.45, 7) is 3.72. The number of nitrogens with zero attached hydrogens (tertiary/aromatic N) is 1. The molecule has 0 aliphatic carbocycles. The first-order chi connectivity index (χ1) is 8.81. The molecular formula is C13H18N2OS2. The molecule has 0 aliphatic rings. The molecule has 98 valence electrons. The van der Waals surface area contributed by atoms with Crippen LogP contribution in [0.25, 0.3) is 0 Å². The number of furan rings is 1. The van der Waals surface area contributed by atoms with Gasteiger partial charge >= 0.3 is 0 Å². The van der Waals surface area contributed by atoms with Crippen LogP contribution in [-0.4, -0.2) is 11.2 Å². The second-order valence-corrected chi connectivity index (χ2v) is 6.04. The fourth-order valence-electron chi connectivity index (χ4n) is 1.62. The Morgan fingerprint density at radius 2 is 2.17 bits per heavy atom. The number of thioether (sulfide) groups is 1. The van der Waals surface area contributed by atoms with Crippen LogP contribution in [0.4, 0.5) is 0 Å². The van der Waals surface area contributed by atoms with E-state index in [1.807, 2.05) is 18.3 Å². The molecule has 0 saturated carbocycles. The number of hydrogen-bond donors (Lipinski definition) is 1. The lowest BCUT2D eigenvalue weighted by molar-refractivity contribution is 0.459. The van der Waals surface area contributed by atoms with E-state index in [1.165, 1.54) is 4.88 Å². The van der Waals surface area contributed by atoms with Gasteiger partial charge in [0.25, 0.3) is 0 Å². The Morgan fingerprint density at radius 3 is 2.89 bits per heavy atom. The Kier molecular flexibility index (Phi) is 5.28. The summed E-state index contributed by atoms with van der Waals surface area (Å²) in [6.07, 6.45) is 5.10. The normalized spacial score (nSPS) is 11.0. The minimum atomic E-state index is 0.759. The molecule has 0 spiro atoms. The summed E-state index contributed by atoms with van der Waals surface area (Å²) in [6, 6.07) is 4.09. The SMILES string of the molecule is CCc1cnc(CNCc2ccc(CSC)o2)s1. The molecule has 2 aromatic rings. The van der Waals surface area contributed by atoms with Gasteiger partial charge < -0.3 is 9.73 Å². The number of thiazole rings is 1. The van der Waals surface area contributed by atoms with Gasteiger partial charge in [-0.3, -0.25) is 0 Å². The molecule has 2 aromatic heterocycles. The third-order valence-corrected chi connectivity index (χ3v) is 4.24. The van der Waals surface area contributed by atoms with E-state index in [9.17, 15) is 0 Å². The molecule has 2 rings (SSSR count). The van der Waals surface area contributed by atoms with E-state index < -0.39 is 0 Å². The topological polar surface area (TPSA) is 38.1 Å². The molecule has 5 heteroatoms. The molecule has 2 heterocycles. The zero-order valence-electron chi connectivity index (χ0n) is 10.7. The lowest BCUT2D eigenvalue weighted by Gasteiger charge is -1.99. The number of hydrogen-bond acceptors (Lipinski definition) is 5. The summed E-state index contributed by atoms with van der Waals surface area (Å²) in [7, 11) is 0. The van der Waals surface area contributed by atoms with E-state index in [2.05, 4.69) is 23.5 Å². The molecule has 0 bridgehead atoms. The predicted molar refractivity (Wildman–Crippen MR) is 78.0 cm³/mol. The van der Waals surface area contributed by atoms with Gasteiger partial charge in [0.15, 0.2) is 0 Å². The van der Waals surface area contributed by atoms with Crippen LogP contribution in [0.5, 0.6) is 0 Å². The van der Waals surface area contributed by atoms with E-state index in [1.54, 1.807) is 23.1 Å². The summed E-state index contributed by atoms with van der Waals surface area (Å²) < 4.78 is 5.69. The van der Waals surface area contributed by atoms with E-state index in [-0.39, 0.29) is 0 Å². The van der Waals surface area contributed by atoms with Crippen molar-refractivity contribution in [2.24, 2.45) is 0 Å². The maximum atomic E-state index is 5.69. The van der Waals surface area contributed by atoms with Crippen LogP contribution in [0.1, 0.15) is 28.3 Å². The second-order valence-electron chi connectivity index (χ2n) is 3.98. The average molecular weight is 282 g/mol. The zero-order valence-corrected chi connectivity index (χ0v) is 12.4. The maximum Gasteiger partial charge on any atom is 0.118 e. The van der Waals surface area contributed by atoms with Crippen molar-refractivity contribution in [3.05, 3.63) is 39.7 Å². The third kappa shape index (κ3) is 3.86. The van der Waals surface area contributed by atoms with Gasteiger partial charge in [-0.2, -0.15) is 11.8 Å². The van der Waals surface area contributed by atoms with Crippen LogP contribution in [0, 0.1) is 0 Å². The fourth-order valence-corrected chi connectivity index (χ4v) is 2.89. The highest BCUT2D eigenvalue weighted by Crippen LogP contribution is 2.15. The highest BCUT2D eigenvalue weighted by molar-refractivity contribution is 7.97. The third-order valence-electron chi connectivity index (χ3n) is 2.53. The summed E-state index contributed by atoms with van der Waals surface area (Å²) in [5, 5.41) is 4.50. The standard InChI is InChI=1S/C13H18N2OS2/c1-3-12-7-15-13(18-12)8-14-6-10-4-5-11(16-10)9-17-2/h4-5,7,14H,3,6,8-9H2,1-2H3. The van der Waals surface area contributed by atoms with Crippen molar-refractivity contribution in [1.29, 1.82) is 0 Å². The fraction of sp³-hybridized carbons (Fsp3) is 0.462. The lowest BCUT2D eigenvalue weighted by Crippen LogP contribution is -2.11. The Balaban J connectivity index is 1.77. The number of rotatable bonds is 7. The van der Waals surface area contributed by atoms with Crippen molar-refractivity contribution in [2.75, 3.05) is 6.26 Å². The molecule has 0 aromatic carbocycles. The summed E-state index contributed by atoms with van der Waals surface area (Å²) in [5.41, 5.74) is 0. The highest BCUT2D eigenvalue weighted by Gasteiger charge is 2.03. The first-order valence-corrected chi connectivity index (χ1v) is 8.23. The summed E-state index contributed by atoms with van der Waals surface area (Å²) >= 11 is 3.55. The van der Waals surface area contributed by atoms with Crippen molar-refractivity contribution in [3.8, 4) is 0 Å². The van der Waals surface area contributed by atoms with Crippen molar-refractivity contribution in [1.82, 2.24) is 10.3 Å². The van der Waals surface area contributed by atoms with Crippen LogP contribution < -0.4 is 5.32 Å². The molecule has 0 fully saturated rings. The smallest absolute Gasteiger partial charge is 0.118 e. The quantitative estimate of drug-likeness (QED) is 0.844. The number of nitrogens with one attached hydrogen (secondary N) is 1. The monoisotopic (exact) mass is 282 g/mol. The van der Waals surface area contributed by atoms with Crippen LogP contribution in [0.2, 0.25) is 0 Å². The van der Waals surface area contributed by atoms with Crippen molar-refractivity contribution in [3.63, 3.8) is 0 Å². The summed E-state index contributed by atoms with van der Waals surface area (Å²) in [5.74, 6) is 2.97. The molecule has 0 radical (unpaired) electrons. The largest absolute Gasteiger partial charge is 0.464 e. The van der Waals surface area contributed by atoms with Gasteiger partial charge in [0.1, 0.15) is 16.5 Å². The van der Waals surface area contributed by atoms with E-state index in [4.69, 9.17) is 4.42 Å². The minimum absolute atomic E-state index is 0.759. The molecule has 0 saturated heterocycles. The molecule has 18 heavy (non-hydrogen) atoms. The van der Waals surface area contributed by atoms with Crippen molar-refractivity contribution >= 4 is 23.1 Å². The van der Waals surface area contributed by atoms with Gasteiger partial charge in [0.05, 0.1) is 12.3 Å². The summed E-state index contributed by atoms with van der Waals surface area (Å²) in [4.78, 5) is 5.71. The average Bonchev–Trinajstić information content (AvgIpc) is 2.99. The van der Waals surface area contributed by atoms with E-state index in [0.717, 1.165) is 41.8 Å². The molecule has 3 nitrogen and oxygen atoms in total. The Hall–Kier alpha value is -0.780. The zero-order chi connectivity index (χ0) is 12.8. The van der Waals surface area contributed by atoms with Crippen LogP contribution in [-0.2, 0) is 25.3 Å². The Bertz CT molecular complexity index is 479. The number of aryl methyl sites for hydroxylation is 1.